The molecular formula is C20H20N4O3. The molecule has 4 rings (SSSR count). The van der Waals surface area contributed by atoms with E-state index in [2.05, 4.69) is 15.2 Å². The molecule has 27 heavy (non-hydrogen) atoms. The van der Waals surface area contributed by atoms with Gasteiger partial charge in [-0.2, -0.15) is 5.10 Å². The minimum atomic E-state index is -0.146. The first-order chi connectivity index (χ1) is 13.1. The number of fused-ring (bicyclic) bond motifs is 1. The molecule has 0 radical (unpaired) electrons. The number of amides is 1. The van der Waals surface area contributed by atoms with E-state index in [9.17, 15) is 4.79 Å². The Morgan fingerprint density at radius 3 is 2.70 bits per heavy atom. The van der Waals surface area contributed by atoms with Crippen molar-refractivity contribution in [2.24, 2.45) is 0 Å². The molecule has 1 unspecified atom stereocenters. The van der Waals surface area contributed by atoms with E-state index in [-0.39, 0.29) is 11.9 Å². The van der Waals surface area contributed by atoms with Crippen molar-refractivity contribution >= 4 is 5.91 Å². The van der Waals surface area contributed by atoms with E-state index in [1.807, 2.05) is 43.3 Å². The van der Waals surface area contributed by atoms with Crippen LogP contribution < -0.4 is 9.47 Å². The fraction of sp³-hybridized carbons (Fsp3) is 0.250. The summed E-state index contributed by atoms with van der Waals surface area (Å²) >= 11 is 0. The molecule has 1 atom stereocenters. The van der Waals surface area contributed by atoms with Crippen LogP contribution in [0.3, 0.4) is 0 Å². The Labute approximate surface area is 156 Å². The molecule has 1 N–H and O–H groups in total. The average molecular weight is 364 g/mol. The van der Waals surface area contributed by atoms with Gasteiger partial charge in [-0.05, 0) is 42.8 Å². The molecule has 1 aromatic carbocycles. The Morgan fingerprint density at radius 1 is 1.11 bits per heavy atom. The van der Waals surface area contributed by atoms with Crippen LogP contribution in [0.5, 0.6) is 11.5 Å². The van der Waals surface area contributed by atoms with Crippen LogP contribution in [0.15, 0.2) is 48.7 Å². The molecule has 0 saturated carbocycles. The predicted octanol–water partition coefficient (Wildman–Crippen LogP) is 3.08. The topological polar surface area (TPSA) is 80.3 Å². The summed E-state index contributed by atoms with van der Waals surface area (Å²) in [7, 11) is 1.77. The average Bonchev–Trinajstić information content (AvgIpc) is 3.22. The van der Waals surface area contributed by atoms with E-state index in [1.54, 1.807) is 24.2 Å². The quantitative estimate of drug-likeness (QED) is 0.769. The molecule has 1 aliphatic rings. The van der Waals surface area contributed by atoms with E-state index >= 15 is 0 Å². The number of ether oxygens (including phenoxy) is 2. The van der Waals surface area contributed by atoms with Gasteiger partial charge in [0.2, 0.25) is 0 Å². The summed E-state index contributed by atoms with van der Waals surface area (Å²) in [5, 5.41) is 7.02. The van der Waals surface area contributed by atoms with Crippen LogP contribution in [0.4, 0.5) is 0 Å². The third kappa shape index (κ3) is 3.36. The number of carbonyl (C=O) groups is 1. The van der Waals surface area contributed by atoms with Crippen molar-refractivity contribution in [1.82, 2.24) is 20.1 Å². The lowest BCUT2D eigenvalue weighted by Gasteiger charge is -2.26. The second kappa shape index (κ2) is 7.11. The Kier molecular flexibility index (Phi) is 4.50. The summed E-state index contributed by atoms with van der Waals surface area (Å²) in [4.78, 5) is 18.8. The third-order valence-corrected chi connectivity index (χ3v) is 4.69. The minimum absolute atomic E-state index is 0.144. The SMILES string of the molecule is CC(c1ccc2c(c1)OCCO2)N(C)C(=O)c1cc(-c2ccccn2)n[nH]1. The highest BCUT2D eigenvalue weighted by Crippen LogP contribution is 2.34. The van der Waals surface area contributed by atoms with Gasteiger partial charge in [0.15, 0.2) is 11.5 Å². The van der Waals surface area contributed by atoms with Crippen LogP contribution in [0.2, 0.25) is 0 Å². The molecule has 0 bridgehead atoms. The molecule has 138 valence electrons. The van der Waals surface area contributed by atoms with Gasteiger partial charge in [-0.15, -0.1) is 0 Å². The largest absolute Gasteiger partial charge is 0.486 e. The van der Waals surface area contributed by atoms with E-state index in [0.717, 1.165) is 17.0 Å². The number of nitrogens with one attached hydrogen (secondary N) is 1. The van der Waals surface area contributed by atoms with Gasteiger partial charge in [0, 0.05) is 13.2 Å². The van der Waals surface area contributed by atoms with Crippen molar-refractivity contribution in [3.8, 4) is 22.9 Å². The van der Waals surface area contributed by atoms with Gasteiger partial charge in [0.05, 0.1) is 11.7 Å². The monoisotopic (exact) mass is 364 g/mol. The zero-order valence-electron chi connectivity index (χ0n) is 15.2. The van der Waals surface area contributed by atoms with Crippen molar-refractivity contribution in [3.05, 3.63) is 59.9 Å². The second-order valence-electron chi connectivity index (χ2n) is 6.38. The summed E-state index contributed by atoms with van der Waals surface area (Å²) in [5.41, 5.74) is 2.75. The fourth-order valence-electron chi connectivity index (χ4n) is 2.99. The van der Waals surface area contributed by atoms with Crippen molar-refractivity contribution < 1.29 is 14.3 Å². The van der Waals surface area contributed by atoms with Crippen molar-refractivity contribution in [2.75, 3.05) is 20.3 Å². The standard InChI is InChI=1S/C20H20N4O3/c1-13(14-6-7-18-19(11-14)27-10-9-26-18)24(2)20(25)17-12-16(22-23-17)15-5-3-4-8-21-15/h3-8,11-13H,9-10H2,1-2H3,(H,22,23). The van der Waals surface area contributed by atoms with Crippen LogP contribution in [-0.4, -0.2) is 46.2 Å². The summed E-state index contributed by atoms with van der Waals surface area (Å²) in [6.45, 7) is 3.06. The molecule has 0 fully saturated rings. The first kappa shape index (κ1) is 17.1. The lowest BCUT2D eigenvalue weighted by molar-refractivity contribution is 0.0736. The number of aromatic amines is 1. The van der Waals surface area contributed by atoms with Crippen LogP contribution in [-0.2, 0) is 0 Å². The van der Waals surface area contributed by atoms with Gasteiger partial charge in [0.25, 0.3) is 5.91 Å². The number of hydrogen-bond acceptors (Lipinski definition) is 5. The number of aromatic nitrogens is 3. The fourth-order valence-corrected chi connectivity index (χ4v) is 2.99. The second-order valence-corrected chi connectivity index (χ2v) is 6.38. The Bertz CT molecular complexity index is 955. The zero-order valence-corrected chi connectivity index (χ0v) is 15.2. The molecule has 3 heterocycles. The first-order valence-corrected chi connectivity index (χ1v) is 8.77. The lowest BCUT2D eigenvalue weighted by atomic mass is 10.1. The van der Waals surface area contributed by atoms with E-state index in [1.165, 1.54) is 0 Å². The summed E-state index contributed by atoms with van der Waals surface area (Å²) in [6.07, 6.45) is 1.70. The Morgan fingerprint density at radius 2 is 1.93 bits per heavy atom. The van der Waals surface area contributed by atoms with Crippen LogP contribution in [0, 0.1) is 0 Å². The van der Waals surface area contributed by atoms with Crippen LogP contribution in [0.1, 0.15) is 29.0 Å². The summed E-state index contributed by atoms with van der Waals surface area (Å²) in [5.74, 6) is 1.30. The summed E-state index contributed by atoms with van der Waals surface area (Å²) < 4.78 is 11.2. The van der Waals surface area contributed by atoms with Crippen LogP contribution in [0.25, 0.3) is 11.4 Å². The highest BCUT2D eigenvalue weighted by atomic mass is 16.6. The highest BCUT2D eigenvalue weighted by molar-refractivity contribution is 5.93. The minimum Gasteiger partial charge on any atom is -0.486 e. The van der Waals surface area contributed by atoms with Crippen molar-refractivity contribution in [2.45, 2.75) is 13.0 Å². The molecule has 2 aromatic heterocycles. The van der Waals surface area contributed by atoms with Crippen molar-refractivity contribution in [3.63, 3.8) is 0 Å². The van der Waals surface area contributed by atoms with Gasteiger partial charge < -0.3 is 14.4 Å². The molecule has 3 aromatic rings. The van der Waals surface area contributed by atoms with E-state index in [0.29, 0.717) is 30.4 Å². The molecule has 7 nitrogen and oxygen atoms in total. The summed E-state index contributed by atoms with van der Waals surface area (Å²) in [6, 6.07) is 12.9. The maximum Gasteiger partial charge on any atom is 0.272 e. The zero-order chi connectivity index (χ0) is 18.8. The molecular weight excluding hydrogens is 344 g/mol. The number of hydrogen-bond donors (Lipinski definition) is 1. The van der Waals surface area contributed by atoms with Gasteiger partial charge in [0.1, 0.15) is 24.6 Å². The lowest BCUT2D eigenvalue weighted by Crippen LogP contribution is -2.30. The molecule has 1 amide bonds. The van der Waals surface area contributed by atoms with Gasteiger partial charge in [-0.3, -0.25) is 14.9 Å². The molecule has 0 aliphatic carbocycles. The molecule has 0 saturated heterocycles. The van der Waals surface area contributed by atoms with Gasteiger partial charge >= 0.3 is 0 Å². The maximum atomic E-state index is 12.9. The number of pyridine rings is 1. The molecule has 0 spiro atoms. The van der Waals surface area contributed by atoms with Crippen LogP contribution >= 0.6 is 0 Å². The smallest absolute Gasteiger partial charge is 0.272 e. The Hall–Kier alpha value is -3.35. The highest BCUT2D eigenvalue weighted by Gasteiger charge is 2.23. The number of carbonyl (C=O) groups excluding carboxylic acids is 1. The number of benzene rings is 1. The number of nitrogens with zero attached hydrogens (tertiary/aromatic N) is 3. The predicted molar refractivity (Wildman–Crippen MR) is 99.8 cm³/mol. The van der Waals surface area contributed by atoms with E-state index < -0.39 is 0 Å². The van der Waals surface area contributed by atoms with Crippen molar-refractivity contribution in [1.29, 1.82) is 0 Å². The first-order valence-electron chi connectivity index (χ1n) is 8.77. The molecule has 1 aliphatic heterocycles. The van der Waals surface area contributed by atoms with E-state index in [4.69, 9.17) is 9.47 Å². The normalized spacial score (nSPS) is 13.9. The number of rotatable bonds is 4. The molecule has 7 heteroatoms. The van der Waals surface area contributed by atoms with Gasteiger partial charge in [-0.25, -0.2) is 0 Å². The number of H-pyrrole nitrogens is 1. The maximum absolute atomic E-state index is 12.9. The Balaban J connectivity index is 1.53. The van der Waals surface area contributed by atoms with Gasteiger partial charge in [-0.1, -0.05) is 12.1 Å². The third-order valence-electron chi connectivity index (χ3n) is 4.69.